The van der Waals surface area contributed by atoms with Crippen molar-refractivity contribution in [2.24, 2.45) is 0 Å². The molecule has 0 radical (unpaired) electrons. The van der Waals surface area contributed by atoms with Gasteiger partial charge in [0.05, 0.1) is 23.7 Å². The van der Waals surface area contributed by atoms with Crippen molar-refractivity contribution in [2.75, 3.05) is 7.11 Å². The van der Waals surface area contributed by atoms with Gasteiger partial charge in [0, 0.05) is 0 Å². The quantitative estimate of drug-likeness (QED) is 0.427. The molecular formula is C20H15F3N4O4. The van der Waals surface area contributed by atoms with Crippen LogP contribution in [0.5, 0.6) is 5.75 Å². The Hall–Kier alpha value is -3.89. The number of hydrogen-bond acceptors (Lipinski definition) is 7. The molecule has 0 saturated carbocycles. The highest BCUT2D eigenvalue weighted by Gasteiger charge is 2.38. The minimum atomic E-state index is -4.73. The van der Waals surface area contributed by atoms with E-state index in [1.807, 2.05) is 0 Å². The lowest BCUT2D eigenvalue weighted by Gasteiger charge is -2.10. The van der Waals surface area contributed by atoms with Crippen molar-refractivity contribution in [1.29, 1.82) is 0 Å². The molecule has 4 rings (SSSR count). The molecular weight excluding hydrogens is 417 g/mol. The summed E-state index contributed by atoms with van der Waals surface area (Å²) >= 11 is 0. The van der Waals surface area contributed by atoms with Crippen molar-refractivity contribution in [3.8, 4) is 17.1 Å². The average molecular weight is 432 g/mol. The zero-order valence-corrected chi connectivity index (χ0v) is 16.1. The molecule has 11 heteroatoms. The second-order valence-corrected chi connectivity index (χ2v) is 6.38. The number of esters is 1. The molecule has 0 aliphatic carbocycles. The van der Waals surface area contributed by atoms with E-state index in [1.54, 1.807) is 36.4 Å². The Morgan fingerprint density at radius 3 is 2.61 bits per heavy atom. The van der Waals surface area contributed by atoms with Gasteiger partial charge in [-0.2, -0.15) is 18.2 Å². The van der Waals surface area contributed by atoms with Crippen molar-refractivity contribution in [1.82, 2.24) is 19.7 Å². The van der Waals surface area contributed by atoms with Crippen molar-refractivity contribution in [3.63, 3.8) is 0 Å². The summed E-state index contributed by atoms with van der Waals surface area (Å²) in [6.45, 7) is -1.07. The molecule has 0 saturated heterocycles. The summed E-state index contributed by atoms with van der Waals surface area (Å²) in [5, 5.41) is 3.81. The van der Waals surface area contributed by atoms with Crippen LogP contribution in [0.4, 0.5) is 13.2 Å². The Labute approximate surface area is 173 Å². The highest BCUT2D eigenvalue weighted by atomic mass is 19.4. The van der Waals surface area contributed by atoms with Crippen LogP contribution in [-0.4, -0.2) is 32.8 Å². The molecule has 2 heterocycles. The van der Waals surface area contributed by atoms with Gasteiger partial charge in [0.15, 0.2) is 6.61 Å². The Balaban J connectivity index is 1.48. The minimum absolute atomic E-state index is 0.0132. The number of imidazole rings is 1. The number of para-hydroxylation sites is 3. The van der Waals surface area contributed by atoms with Gasteiger partial charge in [0.1, 0.15) is 12.3 Å². The predicted octanol–water partition coefficient (Wildman–Crippen LogP) is 3.86. The summed E-state index contributed by atoms with van der Waals surface area (Å²) in [5.74, 6) is -1.35. The van der Waals surface area contributed by atoms with E-state index in [2.05, 4.69) is 15.1 Å². The van der Waals surface area contributed by atoms with Gasteiger partial charge >= 0.3 is 12.1 Å². The van der Waals surface area contributed by atoms with Crippen LogP contribution in [0, 0.1) is 0 Å². The maximum absolute atomic E-state index is 13.3. The van der Waals surface area contributed by atoms with Crippen LogP contribution in [0.2, 0.25) is 0 Å². The summed E-state index contributed by atoms with van der Waals surface area (Å²) in [4.78, 5) is 20.0. The number of carbonyl (C=O) groups is 1. The predicted molar refractivity (Wildman–Crippen MR) is 101 cm³/mol. The standard InChI is InChI=1S/C20H15F3N4O4/c1-29-15-9-5-2-6-12(15)18-25-16(31-26-18)11-30-17(28)10-27-14-8-4-3-7-13(14)24-19(27)20(21,22)23/h2-9H,10-11H2,1H3. The summed E-state index contributed by atoms with van der Waals surface area (Å²) in [6.07, 6.45) is -4.73. The number of rotatable bonds is 6. The molecule has 0 amide bonds. The SMILES string of the molecule is COc1ccccc1-c1noc(COC(=O)Cn2c(C(F)(F)F)nc3ccccc32)n1. The van der Waals surface area contributed by atoms with Crippen LogP contribution in [0.1, 0.15) is 11.7 Å². The average Bonchev–Trinajstić information content (AvgIpc) is 3.37. The number of carbonyl (C=O) groups excluding carboxylic acids is 1. The summed E-state index contributed by atoms with van der Waals surface area (Å²) in [6, 6.07) is 13.0. The van der Waals surface area contributed by atoms with E-state index in [9.17, 15) is 18.0 Å². The highest BCUT2D eigenvalue weighted by molar-refractivity contribution is 5.79. The van der Waals surface area contributed by atoms with E-state index >= 15 is 0 Å². The third kappa shape index (κ3) is 4.20. The third-order valence-corrected chi connectivity index (χ3v) is 4.37. The molecule has 4 aromatic rings. The lowest BCUT2D eigenvalue weighted by Crippen LogP contribution is -2.20. The van der Waals surface area contributed by atoms with Gasteiger partial charge in [-0.05, 0) is 24.3 Å². The maximum atomic E-state index is 13.3. The molecule has 0 spiro atoms. The number of aromatic nitrogens is 4. The van der Waals surface area contributed by atoms with Crippen molar-refractivity contribution < 1.29 is 32.0 Å². The molecule has 31 heavy (non-hydrogen) atoms. The fourth-order valence-corrected chi connectivity index (χ4v) is 3.02. The molecule has 0 aliphatic heterocycles. The fourth-order valence-electron chi connectivity index (χ4n) is 3.02. The van der Waals surface area contributed by atoms with Crippen LogP contribution in [0.3, 0.4) is 0 Å². The minimum Gasteiger partial charge on any atom is -0.496 e. The zero-order valence-electron chi connectivity index (χ0n) is 16.1. The summed E-state index contributed by atoms with van der Waals surface area (Å²) < 4.78 is 56.1. The number of methoxy groups -OCH3 is 1. The van der Waals surface area contributed by atoms with Crippen LogP contribution in [-0.2, 0) is 28.9 Å². The first-order valence-corrected chi connectivity index (χ1v) is 9.01. The van der Waals surface area contributed by atoms with Crippen LogP contribution >= 0.6 is 0 Å². The van der Waals surface area contributed by atoms with Gasteiger partial charge in [-0.3, -0.25) is 4.79 Å². The molecule has 2 aromatic heterocycles. The Morgan fingerprint density at radius 2 is 1.84 bits per heavy atom. The molecule has 0 unspecified atom stereocenters. The summed E-state index contributed by atoms with van der Waals surface area (Å²) in [5.41, 5.74) is 0.870. The van der Waals surface area contributed by atoms with E-state index in [4.69, 9.17) is 14.0 Å². The molecule has 0 aliphatic rings. The topological polar surface area (TPSA) is 92.3 Å². The summed E-state index contributed by atoms with van der Waals surface area (Å²) in [7, 11) is 1.50. The lowest BCUT2D eigenvalue weighted by atomic mass is 10.2. The number of alkyl halides is 3. The van der Waals surface area contributed by atoms with Gasteiger partial charge in [-0.15, -0.1) is 0 Å². The Morgan fingerprint density at radius 1 is 1.10 bits per heavy atom. The fraction of sp³-hybridized carbons (Fsp3) is 0.200. The maximum Gasteiger partial charge on any atom is 0.449 e. The van der Waals surface area contributed by atoms with Gasteiger partial charge < -0.3 is 18.6 Å². The normalized spacial score (nSPS) is 11.6. The number of fused-ring (bicyclic) bond motifs is 1. The van der Waals surface area contributed by atoms with Crippen LogP contribution in [0.25, 0.3) is 22.4 Å². The van der Waals surface area contributed by atoms with Gasteiger partial charge in [-0.1, -0.05) is 29.4 Å². The molecule has 0 atom stereocenters. The number of ether oxygens (including phenoxy) is 2. The second kappa shape index (κ2) is 8.09. The molecule has 8 nitrogen and oxygen atoms in total. The number of halogens is 3. The monoisotopic (exact) mass is 432 g/mol. The van der Waals surface area contributed by atoms with Crippen LogP contribution < -0.4 is 4.74 Å². The van der Waals surface area contributed by atoms with Crippen molar-refractivity contribution in [2.45, 2.75) is 19.3 Å². The van der Waals surface area contributed by atoms with Crippen LogP contribution in [0.15, 0.2) is 53.1 Å². The second-order valence-electron chi connectivity index (χ2n) is 6.38. The number of hydrogen-bond donors (Lipinski definition) is 0. The molecule has 160 valence electrons. The first-order chi connectivity index (χ1) is 14.9. The van der Waals surface area contributed by atoms with Gasteiger partial charge in [0.2, 0.25) is 11.6 Å². The Kier molecular flexibility index (Phi) is 5.32. The first-order valence-electron chi connectivity index (χ1n) is 9.01. The number of nitrogens with zero attached hydrogens (tertiary/aromatic N) is 4. The molecule has 0 bridgehead atoms. The molecule has 0 fully saturated rings. The van der Waals surface area contributed by atoms with E-state index in [1.165, 1.54) is 19.2 Å². The zero-order chi connectivity index (χ0) is 22.0. The van der Waals surface area contributed by atoms with Gasteiger partial charge in [-0.25, -0.2) is 4.98 Å². The largest absolute Gasteiger partial charge is 0.496 e. The van der Waals surface area contributed by atoms with E-state index in [0.717, 1.165) is 4.57 Å². The van der Waals surface area contributed by atoms with Crippen molar-refractivity contribution in [3.05, 3.63) is 60.2 Å². The van der Waals surface area contributed by atoms with E-state index < -0.39 is 31.1 Å². The van der Waals surface area contributed by atoms with Gasteiger partial charge in [0.25, 0.3) is 5.89 Å². The molecule has 0 N–H and O–H groups in total. The smallest absolute Gasteiger partial charge is 0.449 e. The number of benzene rings is 2. The van der Waals surface area contributed by atoms with E-state index in [0.29, 0.717) is 11.3 Å². The Bertz CT molecular complexity index is 1230. The third-order valence-electron chi connectivity index (χ3n) is 4.37. The first kappa shape index (κ1) is 20.4. The van der Waals surface area contributed by atoms with Crippen molar-refractivity contribution >= 4 is 17.0 Å². The lowest BCUT2D eigenvalue weighted by molar-refractivity contribution is -0.151. The highest BCUT2D eigenvalue weighted by Crippen LogP contribution is 2.31. The molecule has 2 aromatic carbocycles. The van der Waals surface area contributed by atoms with E-state index in [-0.39, 0.29) is 22.7 Å².